The van der Waals surface area contributed by atoms with Crippen LogP contribution in [0.3, 0.4) is 0 Å². The number of nitrogens with zero attached hydrogens (tertiary/aromatic N) is 1. The van der Waals surface area contributed by atoms with Crippen LogP contribution in [0.5, 0.6) is 0 Å². The van der Waals surface area contributed by atoms with Crippen molar-refractivity contribution in [1.29, 1.82) is 0 Å². The van der Waals surface area contributed by atoms with E-state index in [4.69, 9.17) is 5.73 Å². The van der Waals surface area contributed by atoms with E-state index >= 15 is 0 Å². The second kappa shape index (κ2) is 3.77. The van der Waals surface area contributed by atoms with Crippen LogP contribution in [0.15, 0.2) is 10.9 Å². The van der Waals surface area contributed by atoms with Crippen molar-refractivity contribution in [3.05, 3.63) is 33.2 Å². The Bertz CT molecular complexity index is 498. The molecule has 1 aliphatic rings. The molecule has 0 radical (unpaired) electrons. The number of amides is 1. The molecule has 0 aliphatic heterocycles. The van der Waals surface area contributed by atoms with Crippen LogP contribution in [-0.4, -0.2) is 10.5 Å². The molecular weight excluding hydrogens is 204 g/mol. The summed E-state index contributed by atoms with van der Waals surface area (Å²) in [4.78, 5) is 23.3. The molecule has 0 spiro atoms. The topological polar surface area (TPSA) is 65.1 Å². The Hall–Kier alpha value is -1.58. The van der Waals surface area contributed by atoms with Crippen LogP contribution in [-0.2, 0) is 6.54 Å². The van der Waals surface area contributed by atoms with Gasteiger partial charge in [-0.3, -0.25) is 9.59 Å². The smallest absolute Gasteiger partial charge is 0.263 e. The predicted molar refractivity (Wildman–Crippen MR) is 61.4 cm³/mol. The highest BCUT2D eigenvalue weighted by molar-refractivity contribution is 5.93. The fourth-order valence-corrected chi connectivity index (χ4v) is 2.01. The lowest BCUT2D eigenvalue weighted by atomic mass is 10.1. The van der Waals surface area contributed by atoms with Crippen molar-refractivity contribution in [1.82, 2.24) is 4.57 Å². The number of pyridine rings is 1. The number of aromatic nitrogens is 1. The molecular formula is C12H16N2O2. The lowest BCUT2D eigenvalue weighted by Crippen LogP contribution is -2.32. The largest absolute Gasteiger partial charge is 0.365 e. The van der Waals surface area contributed by atoms with E-state index in [1.54, 1.807) is 11.5 Å². The summed E-state index contributed by atoms with van der Waals surface area (Å²) in [7, 11) is 0. The molecule has 0 unspecified atom stereocenters. The second-order valence-corrected chi connectivity index (χ2v) is 4.57. The fourth-order valence-electron chi connectivity index (χ4n) is 2.01. The molecule has 0 aromatic carbocycles. The first-order chi connectivity index (χ1) is 7.50. The maximum Gasteiger partial charge on any atom is 0.263 e. The van der Waals surface area contributed by atoms with Crippen molar-refractivity contribution in [2.24, 2.45) is 11.7 Å². The third-order valence-electron chi connectivity index (χ3n) is 3.09. The molecule has 1 heterocycles. The summed E-state index contributed by atoms with van der Waals surface area (Å²) in [6, 6.07) is 1.85. The normalized spacial score (nSPS) is 15.1. The van der Waals surface area contributed by atoms with Gasteiger partial charge in [0.1, 0.15) is 5.56 Å². The van der Waals surface area contributed by atoms with Gasteiger partial charge in [-0.1, -0.05) is 0 Å². The Morgan fingerprint density at radius 1 is 1.50 bits per heavy atom. The van der Waals surface area contributed by atoms with Gasteiger partial charge in [0.05, 0.1) is 0 Å². The number of carbonyl (C=O) groups excluding carboxylic acids is 1. The zero-order chi connectivity index (χ0) is 11.9. The summed E-state index contributed by atoms with van der Waals surface area (Å²) in [5.74, 6) is -0.0353. The molecule has 2 N–H and O–H groups in total. The molecule has 1 fully saturated rings. The van der Waals surface area contributed by atoms with Crippen LogP contribution in [0.25, 0.3) is 0 Å². The van der Waals surface area contributed by atoms with Crippen LogP contribution in [0.1, 0.15) is 34.5 Å². The van der Waals surface area contributed by atoms with E-state index in [1.165, 1.54) is 12.8 Å². The first-order valence-corrected chi connectivity index (χ1v) is 5.51. The number of nitrogens with two attached hydrogens (primary N) is 1. The van der Waals surface area contributed by atoms with E-state index < -0.39 is 5.91 Å². The highest BCUT2D eigenvalue weighted by Crippen LogP contribution is 2.30. The summed E-state index contributed by atoms with van der Waals surface area (Å²) in [6.07, 6.45) is 2.34. The number of hydrogen-bond acceptors (Lipinski definition) is 2. The maximum absolute atomic E-state index is 12.1. The van der Waals surface area contributed by atoms with Gasteiger partial charge < -0.3 is 10.3 Å². The summed E-state index contributed by atoms with van der Waals surface area (Å²) < 4.78 is 1.67. The van der Waals surface area contributed by atoms with Crippen LogP contribution in [0, 0.1) is 19.8 Å². The van der Waals surface area contributed by atoms with Crippen molar-refractivity contribution in [3.8, 4) is 0 Å². The molecule has 0 bridgehead atoms. The Kier molecular flexibility index (Phi) is 2.58. The van der Waals surface area contributed by atoms with E-state index in [9.17, 15) is 9.59 Å². The molecule has 1 aliphatic carbocycles. The van der Waals surface area contributed by atoms with Gasteiger partial charge in [-0.05, 0) is 44.2 Å². The average molecular weight is 220 g/mol. The minimum absolute atomic E-state index is 0.131. The molecule has 0 saturated heterocycles. The highest BCUT2D eigenvalue weighted by Gasteiger charge is 2.24. The Balaban J connectivity index is 2.54. The maximum atomic E-state index is 12.1. The van der Waals surface area contributed by atoms with Crippen LogP contribution < -0.4 is 11.3 Å². The number of aryl methyl sites for hydroxylation is 2. The second-order valence-electron chi connectivity index (χ2n) is 4.57. The van der Waals surface area contributed by atoms with Crippen molar-refractivity contribution >= 4 is 5.91 Å². The van der Waals surface area contributed by atoms with Gasteiger partial charge in [-0.25, -0.2) is 0 Å². The Morgan fingerprint density at radius 2 is 2.12 bits per heavy atom. The zero-order valence-electron chi connectivity index (χ0n) is 9.62. The molecule has 1 aromatic heterocycles. The van der Waals surface area contributed by atoms with E-state index in [-0.39, 0.29) is 11.1 Å². The van der Waals surface area contributed by atoms with Gasteiger partial charge >= 0.3 is 0 Å². The molecule has 4 heteroatoms. The van der Waals surface area contributed by atoms with Gasteiger partial charge in [0.25, 0.3) is 11.5 Å². The van der Waals surface area contributed by atoms with Gasteiger partial charge in [-0.2, -0.15) is 0 Å². The fraction of sp³-hybridized carbons (Fsp3) is 0.500. The Labute approximate surface area is 94.1 Å². The van der Waals surface area contributed by atoms with Crippen LogP contribution >= 0.6 is 0 Å². The van der Waals surface area contributed by atoms with E-state index in [0.717, 1.165) is 5.69 Å². The molecule has 86 valence electrons. The number of primary amides is 1. The minimum Gasteiger partial charge on any atom is -0.365 e. The molecule has 4 nitrogen and oxygen atoms in total. The summed E-state index contributed by atoms with van der Waals surface area (Å²) in [5, 5.41) is 0. The van der Waals surface area contributed by atoms with Crippen LogP contribution in [0.2, 0.25) is 0 Å². The van der Waals surface area contributed by atoms with E-state index in [2.05, 4.69) is 0 Å². The summed E-state index contributed by atoms with van der Waals surface area (Å²) in [6.45, 7) is 4.35. The average Bonchev–Trinajstić information content (AvgIpc) is 2.94. The van der Waals surface area contributed by atoms with Crippen molar-refractivity contribution in [2.75, 3.05) is 0 Å². The van der Waals surface area contributed by atoms with Crippen LogP contribution in [0.4, 0.5) is 0 Å². The molecule has 1 amide bonds. The van der Waals surface area contributed by atoms with E-state index in [1.807, 2.05) is 13.0 Å². The predicted octanol–water partition coefficient (Wildman–Crippen LogP) is 0.974. The molecule has 16 heavy (non-hydrogen) atoms. The zero-order valence-corrected chi connectivity index (χ0v) is 9.62. The molecule has 1 aromatic rings. The van der Waals surface area contributed by atoms with Crippen molar-refractivity contribution in [2.45, 2.75) is 33.2 Å². The first-order valence-electron chi connectivity index (χ1n) is 5.51. The number of hydrogen-bond donors (Lipinski definition) is 1. The minimum atomic E-state index is -0.632. The van der Waals surface area contributed by atoms with Crippen molar-refractivity contribution < 1.29 is 4.79 Å². The molecule has 2 rings (SSSR count). The lowest BCUT2D eigenvalue weighted by Gasteiger charge is -2.12. The monoisotopic (exact) mass is 220 g/mol. The third kappa shape index (κ3) is 1.87. The number of carbonyl (C=O) groups is 1. The number of rotatable bonds is 3. The SMILES string of the molecule is Cc1cc(C)n(CC2CC2)c(=O)c1C(N)=O. The van der Waals surface area contributed by atoms with Gasteiger partial charge in [-0.15, -0.1) is 0 Å². The van der Waals surface area contributed by atoms with Crippen molar-refractivity contribution in [3.63, 3.8) is 0 Å². The highest BCUT2D eigenvalue weighted by atomic mass is 16.2. The van der Waals surface area contributed by atoms with Gasteiger partial charge in [0, 0.05) is 12.2 Å². The molecule has 0 atom stereocenters. The van der Waals surface area contributed by atoms with Gasteiger partial charge in [0.15, 0.2) is 0 Å². The molecule has 1 saturated carbocycles. The third-order valence-corrected chi connectivity index (χ3v) is 3.09. The standard InChI is InChI=1S/C12H16N2O2/c1-7-5-8(2)14(6-9-3-4-9)12(16)10(7)11(13)15/h5,9H,3-4,6H2,1-2H3,(H2,13,15). The summed E-state index contributed by atoms with van der Waals surface area (Å²) in [5.41, 5.74) is 6.69. The Morgan fingerprint density at radius 3 is 2.62 bits per heavy atom. The summed E-state index contributed by atoms with van der Waals surface area (Å²) >= 11 is 0. The van der Waals surface area contributed by atoms with Gasteiger partial charge in [0.2, 0.25) is 0 Å². The first kappa shape index (κ1) is 10.9. The quantitative estimate of drug-likeness (QED) is 0.825. The lowest BCUT2D eigenvalue weighted by molar-refractivity contribution is 0.0997. The van der Waals surface area contributed by atoms with E-state index in [0.29, 0.717) is 18.0 Å².